The minimum Gasteiger partial charge on any atom is -0.326 e. The lowest BCUT2D eigenvalue weighted by molar-refractivity contribution is -0.120. The predicted molar refractivity (Wildman–Crippen MR) is 109 cm³/mol. The number of carbonyl (C=O) groups is 1. The van der Waals surface area contributed by atoms with Gasteiger partial charge in [0.1, 0.15) is 5.82 Å². The van der Waals surface area contributed by atoms with Gasteiger partial charge in [-0.15, -0.1) is 0 Å². The van der Waals surface area contributed by atoms with Crippen LogP contribution in [0.3, 0.4) is 0 Å². The van der Waals surface area contributed by atoms with Gasteiger partial charge in [0.2, 0.25) is 26.0 Å². The van der Waals surface area contributed by atoms with Crippen molar-refractivity contribution in [2.24, 2.45) is 5.92 Å². The first-order chi connectivity index (χ1) is 14.1. The Hall–Kier alpha value is -2.34. The average Bonchev–Trinajstić information content (AvgIpc) is 2.75. The summed E-state index contributed by atoms with van der Waals surface area (Å²) in [4.78, 5) is 12.4. The van der Waals surface area contributed by atoms with E-state index in [4.69, 9.17) is 0 Å². The smallest absolute Gasteiger partial charge is 0.243 e. The number of piperidine rings is 1. The van der Waals surface area contributed by atoms with E-state index in [1.807, 2.05) is 0 Å². The molecule has 2 N–H and O–H groups in total. The van der Waals surface area contributed by atoms with Crippen LogP contribution in [0.2, 0.25) is 0 Å². The van der Waals surface area contributed by atoms with Crippen molar-refractivity contribution in [2.75, 3.05) is 25.5 Å². The third-order valence-electron chi connectivity index (χ3n) is 4.98. The van der Waals surface area contributed by atoms with Crippen molar-refractivity contribution < 1.29 is 26.0 Å². The zero-order valence-electron chi connectivity index (χ0n) is 16.2. The molecular formula is C19H22FN3O5S2. The molecular weight excluding hydrogens is 433 g/mol. The average molecular weight is 456 g/mol. The first kappa shape index (κ1) is 22.3. The molecule has 2 aromatic rings. The molecule has 1 amide bonds. The number of amides is 1. The number of halogens is 1. The molecule has 30 heavy (non-hydrogen) atoms. The lowest BCUT2D eigenvalue weighted by Gasteiger charge is -2.30. The molecule has 0 aromatic heterocycles. The van der Waals surface area contributed by atoms with Crippen LogP contribution in [0, 0.1) is 11.7 Å². The quantitative estimate of drug-likeness (QED) is 0.689. The molecule has 0 radical (unpaired) electrons. The summed E-state index contributed by atoms with van der Waals surface area (Å²) in [7, 11) is -6.18. The number of carbonyl (C=O) groups excluding carboxylic acids is 1. The number of nitrogens with one attached hydrogen (secondary N) is 2. The number of hydrogen-bond donors (Lipinski definition) is 2. The lowest BCUT2D eigenvalue weighted by Crippen LogP contribution is -2.41. The molecule has 1 aliphatic heterocycles. The highest BCUT2D eigenvalue weighted by molar-refractivity contribution is 7.89. The molecule has 0 saturated carbocycles. The van der Waals surface area contributed by atoms with Gasteiger partial charge in [0, 0.05) is 24.7 Å². The van der Waals surface area contributed by atoms with Crippen LogP contribution < -0.4 is 10.0 Å². The van der Waals surface area contributed by atoms with E-state index >= 15 is 0 Å². The molecule has 0 aliphatic carbocycles. The first-order valence-corrected chi connectivity index (χ1v) is 12.2. The van der Waals surface area contributed by atoms with E-state index in [1.165, 1.54) is 59.9 Å². The molecule has 1 aliphatic rings. The van der Waals surface area contributed by atoms with Crippen molar-refractivity contribution in [3.63, 3.8) is 0 Å². The molecule has 8 nitrogen and oxygen atoms in total. The van der Waals surface area contributed by atoms with E-state index in [0.717, 1.165) is 0 Å². The molecule has 1 fully saturated rings. The SMILES string of the molecule is CNS(=O)(=O)c1ccc(S(=O)(=O)N2CCC(C(=O)Nc3ccc(F)cc3)CC2)cc1. The van der Waals surface area contributed by atoms with Crippen molar-refractivity contribution in [3.8, 4) is 0 Å². The van der Waals surface area contributed by atoms with Gasteiger partial charge >= 0.3 is 0 Å². The Morgan fingerprint density at radius 2 is 1.47 bits per heavy atom. The van der Waals surface area contributed by atoms with Crippen molar-refractivity contribution >= 4 is 31.6 Å². The van der Waals surface area contributed by atoms with E-state index in [2.05, 4.69) is 10.0 Å². The molecule has 0 bridgehead atoms. The van der Waals surface area contributed by atoms with Crippen molar-refractivity contribution in [3.05, 3.63) is 54.3 Å². The van der Waals surface area contributed by atoms with Crippen LogP contribution in [-0.2, 0) is 24.8 Å². The summed E-state index contributed by atoms with van der Waals surface area (Å²) in [6.07, 6.45) is 0.691. The maximum Gasteiger partial charge on any atom is 0.243 e. The highest BCUT2D eigenvalue weighted by atomic mass is 32.2. The Labute approximate surface area is 175 Å². The fraction of sp³-hybridized carbons (Fsp3) is 0.316. The topological polar surface area (TPSA) is 113 Å². The second kappa shape index (κ2) is 8.80. The second-order valence-corrected chi connectivity index (χ2v) is 10.7. The summed E-state index contributed by atoms with van der Waals surface area (Å²) < 4.78 is 65.7. The second-order valence-electron chi connectivity index (χ2n) is 6.85. The Balaban J connectivity index is 1.63. The van der Waals surface area contributed by atoms with Gasteiger partial charge in [-0.1, -0.05) is 0 Å². The highest BCUT2D eigenvalue weighted by Gasteiger charge is 2.32. The molecule has 2 aromatic carbocycles. The van der Waals surface area contributed by atoms with Gasteiger partial charge in [-0.3, -0.25) is 4.79 Å². The van der Waals surface area contributed by atoms with E-state index in [-0.39, 0.29) is 34.7 Å². The van der Waals surface area contributed by atoms with Gasteiger partial charge < -0.3 is 5.32 Å². The molecule has 0 spiro atoms. The van der Waals surface area contributed by atoms with Gasteiger partial charge in [-0.2, -0.15) is 4.31 Å². The van der Waals surface area contributed by atoms with Crippen LogP contribution in [0.15, 0.2) is 58.3 Å². The van der Waals surface area contributed by atoms with Crippen molar-refractivity contribution in [2.45, 2.75) is 22.6 Å². The number of sulfonamides is 2. The number of rotatable bonds is 6. The van der Waals surface area contributed by atoms with Crippen molar-refractivity contribution in [1.82, 2.24) is 9.03 Å². The number of hydrogen-bond acceptors (Lipinski definition) is 5. The minimum atomic E-state index is -3.80. The normalized spacial score (nSPS) is 16.3. The maximum atomic E-state index is 13.0. The Morgan fingerprint density at radius 3 is 2.00 bits per heavy atom. The summed E-state index contributed by atoms with van der Waals surface area (Å²) >= 11 is 0. The van der Waals surface area contributed by atoms with E-state index < -0.39 is 25.9 Å². The Kier molecular flexibility index (Phi) is 6.56. The molecule has 0 unspecified atom stereocenters. The summed E-state index contributed by atoms with van der Waals surface area (Å²) in [6, 6.07) is 10.4. The van der Waals surface area contributed by atoms with E-state index in [9.17, 15) is 26.0 Å². The molecule has 1 heterocycles. The van der Waals surface area contributed by atoms with Gasteiger partial charge in [0.25, 0.3) is 0 Å². The van der Waals surface area contributed by atoms with Crippen LogP contribution >= 0.6 is 0 Å². The number of anilines is 1. The van der Waals surface area contributed by atoms with Gasteiger partial charge in [-0.05, 0) is 68.4 Å². The molecule has 0 atom stereocenters. The first-order valence-electron chi connectivity index (χ1n) is 9.24. The maximum absolute atomic E-state index is 13.0. The summed E-state index contributed by atoms with van der Waals surface area (Å²) in [5.41, 5.74) is 0.480. The van der Waals surface area contributed by atoms with Crippen LogP contribution in [0.25, 0.3) is 0 Å². The van der Waals surface area contributed by atoms with Crippen LogP contribution in [-0.4, -0.2) is 47.2 Å². The predicted octanol–water partition coefficient (Wildman–Crippen LogP) is 1.77. The Morgan fingerprint density at radius 1 is 0.933 bits per heavy atom. The number of nitrogens with zero attached hydrogens (tertiary/aromatic N) is 1. The van der Waals surface area contributed by atoms with Crippen molar-refractivity contribution in [1.29, 1.82) is 0 Å². The van der Waals surface area contributed by atoms with E-state index in [0.29, 0.717) is 18.5 Å². The fourth-order valence-corrected chi connectivity index (χ4v) is 5.39. The van der Waals surface area contributed by atoms with E-state index in [1.54, 1.807) is 0 Å². The van der Waals surface area contributed by atoms with Gasteiger partial charge in [0.15, 0.2) is 0 Å². The zero-order chi connectivity index (χ0) is 21.9. The van der Waals surface area contributed by atoms with Gasteiger partial charge in [0.05, 0.1) is 9.79 Å². The minimum absolute atomic E-state index is 0.00762. The Bertz CT molecular complexity index is 1110. The fourth-order valence-electron chi connectivity index (χ4n) is 3.19. The lowest BCUT2D eigenvalue weighted by atomic mass is 9.97. The molecule has 1 saturated heterocycles. The highest BCUT2D eigenvalue weighted by Crippen LogP contribution is 2.25. The summed E-state index contributed by atoms with van der Waals surface area (Å²) in [5, 5.41) is 2.71. The van der Waals surface area contributed by atoms with Crippen LogP contribution in [0.4, 0.5) is 10.1 Å². The third kappa shape index (κ3) is 4.86. The van der Waals surface area contributed by atoms with Crippen LogP contribution in [0.5, 0.6) is 0 Å². The monoisotopic (exact) mass is 455 g/mol. The third-order valence-corrected chi connectivity index (χ3v) is 8.32. The summed E-state index contributed by atoms with van der Waals surface area (Å²) in [6.45, 7) is 0.334. The number of benzene rings is 2. The zero-order valence-corrected chi connectivity index (χ0v) is 17.8. The standard InChI is InChI=1S/C19H22FN3O5S2/c1-21-29(25,26)17-6-8-18(9-7-17)30(27,28)23-12-10-14(11-13-23)19(24)22-16-4-2-15(20)3-5-16/h2-9,14,21H,10-13H2,1H3,(H,22,24). The largest absolute Gasteiger partial charge is 0.326 e. The van der Waals surface area contributed by atoms with Gasteiger partial charge in [-0.25, -0.2) is 25.9 Å². The van der Waals surface area contributed by atoms with Crippen LogP contribution in [0.1, 0.15) is 12.8 Å². The molecule has 3 rings (SSSR count). The molecule has 162 valence electrons. The molecule has 11 heteroatoms. The summed E-state index contributed by atoms with van der Waals surface area (Å²) in [5.74, 6) is -0.993.